The Hall–Kier alpha value is -1.36. The van der Waals surface area contributed by atoms with Crippen LogP contribution in [0.4, 0.5) is 0 Å². The molecule has 1 aromatic heterocycles. The lowest BCUT2D eigenvalue weighted by atomic mass is 10.1. The first-order valence-electron chi connectivity index (χ1n) is 7.00. The quantitative estimate of drug-likeness (QED) is 0.939. The van der Waals surface area contributed by atoms with E-state index in [4.69, 9.17) is 11.6 Å². The number of amides is 1. The molecule has 1 aromatic carbocycles. The smallest absolute Gasteiger partial charge is 0.236 e. The Morgan fingerprint density at radius 1 is 1.38 bits per heavy atom. The molecule has 0 atom stereocenters. The number of benzene rings is 1. The fourth-order valence-corrected chi connectivity index (χ4v) is 3.64. The highest BCUT2D eigenvalue weighted by molar-refractivity contribution is 7.10. The molecule has 1 amide bonds. The van der Waals surface area contributed by atoms with E-state index >= 15 is 0 Å². The molecule has 0 radical (unpaired) electrons. The molecule has 21 heavy (non-hydrogen) atoms. The Labute approximate surface area is 133 Å². The maximum absolute atomic E-state index is 12.2. The van der Waals surface area contributed by atoms with E-state index < -0.39 is 0 Å². The maximum atomic E-state index is 12.2. The van der Waals surface area contributed by atoms with Crippen molar-refractivity contribution in [1.29, 1.82) is 0 Å². The molecule has 1 aliphatic rings. The van der Waals surface area contributed by atoms with Crippen LogP contribution in [0.5, 0.6) is 0 Å². The minimum atomic E-state index is 0.161. The minimum absolute atomic E-state index is 0.161. The van der Waals surface area contributed by atoms with Gasteiger partial charge in [0.2, 0.25) is 5.91 Å². The van der Waals surface area contributed by atoms with E-state index in [9.17, 15) is 4.79 Å². The topological polar surface area (TPSA) is 32.3 Å². The predicted octanol–water partition coefficient (Wildman–Crippen LogP) is 3.08. The van der Waals surface area contributed by atoms with Gasteiger partial charge in [-0.2, -0.15) is 0 Å². The third-order valence-electron chi connectivity index (χ3n) is 3.65. The number of carbonyl (C=O) groups excluding carboxylic acids is 1. The lowest BCUT2D eigenvalue weighted by Gasteiger charge is -2.27. The van der Waals surface area contributed by atoms with Gasteiger partial charge in [0.15, 0.2) is 0 Å². The molecule has 110 valence electrons. The lowest BCUT2D eigenvalue weighted by molar-refractivity contribution is -0.131. The first-order valence-corrected chi connectivity index (χ1v) is 8.26. The molecule has 0 fully saturated rings. The lowest BCUT2D eigenvalue weighted by Crippen LogP contribution is -2.40. The Balaban J connectivity index is 1.49. The van der Waals surface area contributed by atoms with Crippen LogP contribution in [0, 0.1) is 0 Å². The van der Waals surface area contributed by atoms with Gasteiger partial charge in [0.1, 0.15) is 0 Å². The number of rotatable bonds is 4. The highest BCUT2D eigenvalue weighted by atomic mass is 35.5. The molecule has 5 heteroatoms. The summed E-state index contributed by atoms with van der Waals surface area (Å²) in [5.74, 6) is 0.161. The summed E-state index contributed by atoms with van der Waals surface area (Å²) in [6.07, 6.45) is 0.979. The third-order valence-corrected chi connectivity index (χ3v) is 4.91. The first-order chi connectivity index (χ1) is 10.2. The summed E-state index contributed by atoms with van der Waals surface area (Å²) >= 11 is 7.73. The fraction of sp³-hybridized carbons (Fsp3) is 0.312. The zero-order valence-corrected chi connectivity index (χ0v) is 13.2. The van der Waals surface area contributed by atoms with Gasteiger partial charge < -0.3 is 10.2 Å². The van der Waals surface area contributed by atoms with E-state index in [-0.39, 0.29) is 5.91 Å². The number of hydrogen-bond acceptors (Lipinski definition) is 3. The van der Waals surface area contributed by atoms with Gasteiger partial charge in [0, 0.05) is 29.5 Å². The average Bonchev–Trinajstić information content (AvgIpc) is 2.94. The van der Waals surface area contributed by atoms with Crippen LogP contribution in [0.3, 0.4) is 0 Å². The molecule has 0 saturated carbocycles. The number of fused-ring (bicyclic) bond motifs is 1. The van der Waals surface area contributed by atoms with Crippen molar-refractivity contribution in [3.8, 4) is 0 Å². The Morgan fingerprint density at radius 3 is 3.14 bits per heavy atom. The summed E-state index contributed by atoms with van der Waals surface area (Å²) in [5, 5.41) is 6.03. The van der Waals surface area contributed by atoms with Crippen LogP contribution in [0.2, 0.25) is 5.02 Å². The van der Waals surface area contributed by atoms with E-state index in [2.05, 4.69) is 16.8 Å². The van der Waals surface area contributed by atoms with Crippen LogP contribution in [-0.4, -0.2) is 23.9 Å². The summed E-state index contributed by atoms with van der Waals surface area (Å²) in [7, 11) is 0. The van der Waals surface area contributed by atoms with Crippen LogP contribution in [0.25, 0.3) is 0 Å². The Kier molecular flexibility index (Phi) is 4.58. The predicted molar refractivity (Wildman–Crippen MR) is 86.6 cm³/mol. The molecule has 0 unspecified atom stereocenters. The molecule has 1 N–H and O–H groups in total. The normalized spacial score (nSPS) is 14.0. The van der Waals surface area contributed by atoms with Crippen LogP contribution >= 0.6 is 22.9 Å². The van der Waals surface area contributed by atoms with Gasteiger partial charge in [0.05, 0.1) is 6.54 Å². The van der Waals surface area contributed by atoms with Crippen LogP contribution in [0.15, 0.2) is 35.7 Å². The van der Waals surface area contributed by atoms with Crippen molar-refractivity contribution >= 4 is 28.8 Å². The van der Waals surface area contributed by atoms with Crippen LogP contribution < -0.4 is 5.32 Å². The van der Waals surface area contributed by atoms with Crippen molar-refractivity contribution in [3.05, 3.63) is 56.7 Å². The second-order valence-electron chi connectivity index (χ2n) is 5.17. The minimum Gasteiger partial charge on any atom is -0.337 e. The van der Waals surface area contributed by atoms with Gasteiger partial charge in [-0.05, 0) is 41.1 Å². The molecule has 0 saturated heterocycles. The molecule has 0 aliphatic carbocycles. The third kappa shape index (κ3) is 3.64. The van der Waals surface area contributed by atoms with Gasteiger partial charge >= 0.3 is 0 Å². The monoisotopic (exact) mass is 320 g/mol. The van der Waals surface area contributed by atoms with E-state index in [0.29, 0.717) is 13.1 Å². The Bertz CT molecular complexity index is 641. The molecule has 0 spiro atoms. The molecule has 2 heterocycles. The number of carbonyl (C=O) groups is 1. The average molecular weight is 321 g/mol. The van der Waals surface area contributed by atoms with Crippen molar-refractivity contribution in [2.24, 2.45) is 0 Å². The summed E-state index contributed by atoms with van der Waals surface area (Å²) < 4.78 is 0. The molecule has 3 rings (SSSR count). The first kappa shape index (κ1) is 14.6. The van der Waals surface area contributed by atoms with Crippen molar-refractivity contribution < 1.29 is 4.79 Å². The van der Waals surface area contributed by atoms with Crippen molar-refractivity contribution in [2.75, 3.05) is 13.1 Å². The van der Waals surface area contributed by atoms with Gasteiger partial charge in [-0.3, -0.25) is 4.79 Å². The number of nitrogens with zero attached hydrogens (tertiary/aromatic N) is 1. The van der Waals surface area contributed by atoms with E-state index in [1.807, 2.05) is 29.2 Å². The molecule has 0 bridgehead atoms. The largest absolute Gasteiger partial charge is 0.337 e. The van der Waals surface area contributed by atoms with Crippen molar-refractivity contribution in [2.45, 2.75) is 19.5 Å². The summed E-state index contributed by atoms with van der Waals surface area (Å²) in [6, 6.07) is 9.81. The van der Waals surface area contributed by atoms with E-state index in [1.165, 1.54) is 10.4 Å². The van der Waals surface area contributed by atoms with Crippen molar-refractivity contribution in [1.82, 2.24) is 10.2 Å². The second kappa shape index (κ2) is 6.60. The molecule has 3 nitrogen and oxygen atoms in total. The molecular formula is C16H17ClN2OS. The maximum Gasteiger partial charge on any atom is 0.236 e. The van der Waals surface area contributed by atoms with Crippen molar-refractivity contribution in [3.63, 3.8) is 0 Å². The zero-order valence-electron chi connectivity index (χ0n) is 11.6. The highest BCUT2D eigenvalue weighted by Gasteiger charge is 2.20. The second-order valence-corrected chi connectivity index (χ2v) is 6.60. The molecule has 2 aromatic rings. The summed E-state index contributed by atoms with van der Waals surface area (Å²) in [5.41, 5.74) is 2.39. The fourth-order valence-electron chi connectivity index (χ4n) is 2.53. The van der Waals surface area contributed by atoms with Crippen LogP contribution in [-0.2, 0) is 24.3 Å². The van der Waals surface area contributed by atoms with Crippen LogP contribution in [0.1, 0.15) is 16.0 Å². The standard InChI is InChI=1S/C16H17ClN2OS/c17-14-3-1-2-12(8-14)9-18-10-16(20)19-6-4-15-13(11-19)5-7-21-15/h1-3,5,7-8,18H,4,6,9-11H2. The zero-order chi connectivity index (χ0) is 14.7. The number of thiophene rings is 1. The van der Waals surface area contributed by atoms with Gasteiger partial charge in [-0.15, -0.1) is 11.3 Å². The molecular weight excluding hydrogens is 304 g/mol. The number of halogens is 1. The number of hydrogen-bond donors (Lipinski definition) is 1. The van der Waals surface area contributed by atoms with E-state index in [1.54, 1.807) is 11.3 Å². The van der Waals surface area contributed by atoms with Gasteiger partial charge in [-0.1, -0.05) is 23.7 Å². The number of nitrogens with one attached hydrogen (secondary N) is 1. The SMILES string of the molecule is O=C(CNCc1cccc(Cl)c1)N1CCc2sccc2C1. The van der Waals surface area contributed by atoms with E-state index in [0.717, 1.165) is 30.1 Å². The van der Waals surface area contributed by atoms with Gasteiger partial charge in [-0.25, -0.2) is 0 Å². The molecule has 1 aliphatic heterocycles. The highest BCUT2D eigenvalue weighted by Crippen LogP contribution is 2.23. The summed E-state index contributed by atoms with van der Waals surface area (Å²) in [6.45, 7) is 2.59. The summed E-state index contributed by atoms with van der Waals surface area (Å²) in [4.78, 5) is 15.6. The van der Waals surface area contributed by atoms with Gasteiger partial charge in [0.25, 0.3) is 0 Å². The Morgan fingerprint density at radius 2 is 2.29 bits per heavy atom.